The van der Waals surface area contributed by atoms with Gasteiger partial charge in [-0.3, -0.25) is 49.1 Å². The molecule has 0 unspecified atom stereocenters. The van der Waals surface area contributed by atoms with Gasteiger partial charge in [0, 0.05) is 62.6 Å². The predicted octanol–water partition coefficient (Wildman–Crippen LogP) is 13.2. The number of amides is 11. The van der Waals surface area contributed by atoms with Crippen LogP contribution in [-0.2, 0) is 64.8 Å². The number of imide groups is 1. The Kier molecular flexibility index (Phi) is 33.6. The van der Waals surface area contributed by atoms with Gasteiger partial charge in [0.25, 0.3) is 23.6 Å². The second kappa shape index (κ2) is 42.1. The molecule has 0 saturated carbocycles. The molecular weight excluding hydrogens is 1580 g/mol. The van der Waals surface area contributed by atoms with Crippen molar-refractivity contribution >= 4 is 106 Å². The number of methoxy groups -OCH3 is 2. The number of hydrogen-bond donors (Lipinski definition) is 7. The first kappa shape index (κ1) is 96.4. The van der Waals surface area contributed by atoms with E-state index in [-0.39, 0.29) is 170 Å². The Hall–Kier alpha value is -10.1. The molecule has 33 heteroatoms. The van der Waals surface area contributed by atoms with E-state index in [0.717, 1.165) is 21.5 Å². The van der Waals surface area contributed by atoms with E-state index in [0.29, 0.717) is 74.8 Å². The molecular formula is C88H127BN10O20Si2. The van der Waals surface area contributed by atoms with Gasteiger partial charge in [-0.1, -0.05) is 123 Å². The second-order valence-electron chi connectivity index (χ2n) is 35.8. The zero-order valence-electron chi connectivity index (χ0n) is 73.9. The predicted molar refractivity (Wildman–Crippen MR) is 469 cm³/mol. The molecule has 4 heterocycles. The summed E-state index contributed by atoms with van der Waals surface area (Å²) >= 11 is 0. The van der Waals surface area contributed by atoms with Crippen molar-refractivity contribution in [1.29, 1.82) is 0 Å². The second-order valence-corrected chi connectivity index (χ2v) is 45.4. The van der Waals surface area contributed by atoms with Gasteiger partial charge < -0.3 is 83.4 Å². The Morgan fingerprint density at radius 3 is 1.49 bits per heavy atom. The molecule has 4 aromatic carbocycles. The maximum Gasteiger partial charge on any atom is 0.494 e. The lowest BCUT2D eigenvalue weighted by Crippen LogP contribution is -2.54. The minimum atomic E-state index is -2.27. The normalized spacial score (nSPS) is 17.0. The van der Waals surface area contributed by atoms with E-state index >= 15 is 4.79 Å². The molecule has 0 bridgehead atoms. The van der Waals surface area contributed by atoms with Crippen LogP contribution in [0.25, 0.3) is 0 Å². The lowest BCUT2D eigenvalue weighted by molar-refractivity contribution is -0.137. The molecule has 0 spiro atoms. The Morgan fingerprint density at radius 1 is 0.595 bits per heavy atom. The average Bonchev–Trinajstić information content (AvgIpc) is 1.47. The van der Waals surface area contributed by atoms with Crippen LogP contribution in [0.2, 0.25) is 36.3 Å². The van der Waals surface area contributed by atoms with E-state index in [2.05, 4.69) is 113 Å². The fourth-order valence-corrected chi connectivity index (χ4v) is 15.4. The fourth-order valence-electron chi connectivity index (χ4n) is 13.3. The monoisotopic (exact) mass is 1710 g/mol. The first-order valence-electron chi connectivity index (χ1n) is 41.6. The molecule has 8 rings (SSSR count). The molecule has 11 amide bonds. The van der Waals surface area contributed by atoms with Gasteiger partial charge in [-0.2, -0.15) is 0 Å². The standard InChI is InChI=1S/C88H127BN10O20Si2/c1-56(2)77(96-74(100)29-23-21-24-41-97-75(101)38-39-76(97)102)79(104)93-67(28-27-40-91-82(90)107)78(103)92-62-36-32-60(33-37-62)53-115-84(109)95-69-49-73(71(111-16)47-66(69)81(106)99-51-58(4)45-64(99)55-117-121(19,20)86(8,9)10)113-43-26-22-25-42-112-72-48-68(94-83(108)114-52-59-30-34-61(35-31-59)89-118-87(11,12)88(13,14)119-89)65(46-70(72)110-15)80(105)98-50-57(3)44-63(98)54-116-120(17,18)85(5,6)7/h30-39,46-49,56,63-64,67,77H,3-4,21-29,40-45,50-55H2,1-2,5-20H3,(H,92,103)(H,93,104)(H,94,108)(H,95,109)(H,96,100)(H3,90,91,107)/t63-,64-,67-,77-/m0/s1. The Bertz CT molecular complexity index is 4390. The van der Waals surface area contributed by atoms with E-state index in [1.807, 2.05) is 52.0 Å². The topological polar surface area (TPSA) is 371 Å². The molecule has 0 aliphatic carbocycles. The van der Waals surface area contributed by atoms with Crippen LogP contribution in [-0.4, -0.2) is 200 Å². The van der Waals surface area contributed by atoms with Crippen molar-refractivity contribution in [3.05, 3.63) is 132 Å². The van der Waals surface area contributed by atoms with Gasteiger partial charge in [-0.25, -0.2) is 14.4 Å². The SMILES string of the molecule is C=C1C[C@@H](CO[Si](C)(C)C(C)(C)C)N(C(=O)c2cc(OC)c(OCCCCCOc3cc(NC(=O)OCc4ccc(B5OC(C)(C)C(C)(C)O5)cc4)c(C(=O)N4CC(=C)C[C@H]4CO[Si](C)(C)C(C)(C)C)cc3OC)cc2NC(=O)OCc2ccc(NC(=O)[C@H](CCCNC(N)=O)NC(=O)[C@@H](NC(=O)CCCCCN3C(=O)C=CC3=O)C(C)C)cc2)C1. The van der Waals surface area contributed by atoms with E-state index in [4.69, 9.17) is 52.3 Å². The largest absolute Gasteiger partial charge is 0.494 e. The zero-order chi connectivity index (χ0) is 89.1. The number of anilines is 3. The lowest BCUT2D eigenvalue weighted by atomic mass is 9.79. The number of nitrogens with one attached hydrogen (secondary N) is 6. The van der Waals surface area contributed by atoms with Crippen molar-refractivity contribution in [2.24, 2.45) is 11.7 Å². The van der Waals surface area contributed by atoms with Crippen molar-refractivity contribution in [3.8, 4) is 23.0 Å². The number of nitrogens with zero attached hydrogens (tertiary/aromatic N) is 3. The summed E-state index contributed by atoms with van der Waals surface area (Å²) in [4.78, 5) is 139. The number of unbranched alkanes of at least 4 members (excludes halogenated alkanes) is 4. The molecule has 3 saturated heterocycles. The zero-order valence-corrected chi connectivity index (χ0v) is 75.9. The Labute approximate surface area is 714 Å². The molecule has 4 aromatic rings. The van der Waals surface area contributed by atoms with Crippen LogP contribution in [0.5, 0.6) is 23.0 Å². The van der Waals surface area contributed by atoms with Gasteiger partial charge in [0.2, 0.25) is 17.7 Å². The summed E-state index contributed by atoms with van der Waals surface area (Å²) in [5, 5.41) is 16.3. The summed E-state index contributed by atoms with van der Waals surface area (Å²) in [6, 6.07) is 16.4. The van der Waals surface area contributed by atoms with Crippen LogP contribution in [0.15, 0.2) is 109 Å². The molecule has 121 heavy (non-hydrogen) atoms. The minimum absolute atomic E-state index is 0.0691. The quantitative estimate of drug-likeness (QED) is 0.00939. The summed E-state index contributed by atoms with van der Waals surface area (Å²) < 4.78 is 61.9. The number of nitrogens with two attached hydrogens (primary N) is 1. The van der Waals surface area contributed by atoms with Gasteiger partial charge in [-0.05, 0) is 169 Å². The highest BCUT2D eigenvalue weighted by Crippen LogP contribution is 2.43. The van der Waals surface area contributed by atoms with Crippen molar-refractivity contribution in [3.63, 3.8) is 0 Å². The number of hydrogen-bond acceptors (Lipinski definition) is 20. The number of primary amides is 1. The average molecular weight is 1710 g/mol. The summed E-state index contributed by atoms with van der Waals surface area (Å²) in [5.74, 6) is -2.58. The first-order chi connectivity index (χ1) is 56.8. The van der Waals surface area contributed by atoms with Crippen LogP contribution in [0, 0.1) is 5.92 Å². The third-order valence-corrected chi connectivity index (χ3v) is 32.5. The lowest BCUT2D eigenvalue weighted by Gasteiger charge is -2.38. The number of urea groups is 1. The van der Waals surface area contributed by atoms with Gasteiger partial charge >= 0.3 is 25.3 Å². The van der Waals surface area contributed by atoms with Gasteiger partial charge in [-0.15, -0.1) is 0 Å². The molecule has 8 N–H and O–H groups in total. The molecule has 660 valence electrons. The van der Waals surface area contributed by atoms with Crippen LogP contribution in [0.1, 0.15) is 186 Å². The van der Waals surface area contributed by atoms with Crippen molar-refractivity contribution in [2.75, 3.05) is 82.8 Å². The molecule has 4 aliphatic rings. The molecule has 30 nitrogen and oxygen atoms in total. The Balaban J connectivity index is 0.930. The maximum atomic E-state index is 15.1. The van der Waals surface area contributed by atoms with Gasteiger partial charge in [0.05, 0.1) is 86.4 Å². The van der Waals surface area contributed by atoms with Crippen LogP contribution in [0.4, 0.5) is 31.4 Å². The highest BCUT2D eigenvalue weighted by Gasteiger charge is 2.52. The number of likely N-dealkylation sites (tertiary alicyclic amines) is 2. The van der Waals surface area contributed by atoms with E-state index in [9.17, 15) is 43.2 Å². The van der Waals surface area contributed by atoms with Crippen molar-refractivity contribution < 1.29 is 94.5 Å². The molecule has 0 aromatic heterocycles. The number of benzene rings is 4. The molecule has 3 fully saturated rings. The summed E-state index contributed by atoms with van der Waals surface area (Å²) in [6.45, 7) is 43.0. The summed E-state index contributed by atoms with van der Waals surface area (Å²) in [5.41, 5.74) is 8.76. The number of rotatable bonds is 41. The minimum Gasteiger partial charge on any atom is -0.493 e. The van der Waals surface area contributed by atoms with Crippen LogP contribution in [0.3, 0.4) is 0 Å². The first-order valence-corrected chi connectivity index (χ1v) is 47.4. The number of carbonyl (C=O) groups excluding carboxylic acids is 10. The highest BCUT2D eigenvalue weighted by atomic mass is 28.4. The summed E-state index contributed by atoms with van der Waals surface area (Å²) in [6.07, 6.45) is 5.25. The van der Waals surface area contributed by atoms with Gasteiger partial charge in [0.15, 0.2) is 39.6 Å². The Morgan fingerprint density at radius 2 is 1.05 bits per heavy atom. The molecule has 4 aliphatic heterocycles. The van der Waals surface area contributed by atoms with E-state index in [1.165, 1.54) is 38.5 Å². The van der Waals surface area contributed by atoms with E-state index < -0.39 is 88.9 Å². The van der Waals surface area contributed by atoms with Gasteiger partial charge in [0.1, 0.15) is 25.3 Å². The number of carbonyl (C=O) groups is 10. The summed E-state index contributed by atoms with van der Waals surface area (Å²) in [7, 11) is -2.14. The fraction of sp³-hybridized carbons (Fsp3) is 0.545. The highest BCUT2D eigenvalue weighted by molar-refractivity contribution is 6.74. The third-order valence-electron chi connectivity index (χ3n) is 23.5. The smallest absolute Gasteiger partial charge is 0.493 e. The van der Waals surface area contributed by atoms with Crippen LogP contribution < -0.4 is 62.0 Å². The number of ether oxygens (including phenoxy) is 6. The van der Waals surface area contributed by atoms with Crippen molar-refractivity contribution in [1.82, 2.24) is 30.7 Å². The van der Waals surface area contributed by atoms with Crippen LogP contribution >= 0.6 is 0 Å². The molecule has 4 atom stereocenters. The molecule has 0 radical (unpaired) electrons. The van der Waals surface area contributed by atoms with E-state index in [1.54, 1.807) is 60.0 Å². The maximum absolute atomic E-state index is 15.1. The van der Waals surface area contributed by atoms with Crippen molar-refractivity contribution in [2.45, 2.75) is 239 Å². The third kappa shape index (κ3) is 26.7.